The number of aromatic nitrogens is 3. The van der Waals surface area contributed by atoms with Crippen molar-refractivity contribution in [2.24, 2.45) is 5.92 Å². The number of anilines is 4. The molecule has 1 aromatic carbocycles. The summed E-state index contributed by atoms with van der Waals surface area (Å²) in [4.78, 5) is 22.9. The Morgan fingerprint density at radius 3 is 2.50 bits per heavy atom. The summed E-state index contributed by atoms with van der Waals surface area (Å²) in [5, 5.41) is 5.87. The zero-order valence-electron chi connectivity index (χ0n) is 18.6. The van der Waals surface area contributed by atoms with Crippen LogP contribution in [-0.2, 0) is 14.8 Å². The van der Waals surface area contributed by atoms with E-state index in [2.05, 4.69) is 25.6 Å². The highest BCUT2D eigenvalue weighted by Gasteiger charge is 2.30. The third-order valence-electron chi connectivity index (χ3n) is 6.06. The topological polar surface area (TPSA) is 120 Å². The standard InChI is InChI=1S/C22H24F2N6O3S/c1-30(34(2,32)33)16-9-13(11-3-4-11)7-8-14(16)25-15-10-17(27-22(31)12-5-6-12)26-20-18(15)28-21(29-20)19(23)24/h7-12,19H,3-6H2,1-2H3,(H3,25,26,27,28,29,31). The normalized spacial score (nSPS) is 16.1. The molecule has 3 aromatic rings. The molecule has 2 fully saturated rings. The van der Waals surface area contributed by atoms with Crippen molar-refractivity contribution in [1.29, 1.82) is 0 Å². The Balaban J connectivity index is 1.58. The number of fused-ring (bicyclic) bond motifs is 1. The summed E-state index contributed by atoms with van der Waals surface area (Å²) in [6, 6.07) is 7.04. The third-order valence-corrected chi connectivity index (χ3v) is 7.25. The number of hydrogen-bond acceptors (Lipinski definition) is 6. The highest BCUT2D eigenvalue weighted by molar-refractivity contribution is 7.92. The van der Waals surface area contributed by atoms with E-state index >= 15 is 0 Å². The summed E-state index contributed by atoms with van der Waals surface area (Å²) in [7, 11) is -2.10. The molecule has 0 radical (unpaired) electrons. The summed E-state index contributed by atoms with van der Waals surface area (Å²) in [5.74, 6) is -0.233. The number of alkyl halides is 2. The van der Waals surface area contributed by atoms with Crippen LogP contribution in [0.2, 0.25) is 0 Å². The number of hydrogen-bond donors (Lipinski definition) is 3. The Bertz CT molecular complexity index is 1380. The molecule has 5 rings (SSSR count). The van der Waals surface area contributed by atoms with Gasteiger partial charge in [0, 0.05) is 19.0 Å². The minimum Gasteiger partial charge on any atom is -0.352 e. The highest BCUT2D eigenvalue weighted by atomic mass is 32.2. The average molecular weight is 491 g/mol. The molecule has 0 unspecified atom stereocenters. The van der Waals surface area contributed by atoms with E-state index in [4.69, 9.17) is 0 Å². The van der Waals surface area contributed by atoms with Crippen LogP contribution < -0.4 is 14.9 Å². The van der Waals surface area contributed by atoms with E-state index in [0.29, 0.717) is 23.0 Å². The van der Waals surface area contributed by atoms with Crippen LogP contribution in [0.5, 0.6) is 0 Å². The lowest BCUT2D eigenvalue weighted by Crippen LogP contribution is -2.25. The van der Waals surface area contributed by atoms with Crippen molar-refractivity contribution in [1.82, 2.24) is 15.0 Å². The first-order valence-corrected chi connectivity index (χ1v) is 12.8. The molecule has 9 nitrogen and oxygen atoms in total. The lowest BCUT2D eigenvalue weighted by molar-refractivity contribution is -0.117. The monoisotopic (exact) mass is 490 g/mol. The zero-order chi connectivity index (χ0) is 24.2. The number of sulfonamides is 1. The van der Waals surface area contributed by atoms with Gasteiger partial charge >= 0.3 is 0 Å². The molecule has 1 amide bonds. The molecule has 0 bridgehead atoms. The van der Waals surface area contributed by atoms with Gasteiger partial charge in [-0.15, -0.1) is 0 Å². The van der Waals surface area contributed by atoms with E-state index in [1.165, 1.54) is 17.4 Å². The fraction of sp³-hybridized carbons (Fsp3) is 0.409. The van der Waals surface area contributed by atoms with E-state index in [0.717, 1.165) is 37.5 Å². The lowest BCUT2D eigenvalue weighted by atomic mass is 10.1. The fourth-order valence-electron chi connectivity index (χ4n) is 3.75. The minimum atomic E-state index is -3.56. The van der Waals surface area contributed by atoms with Gasteiger partial charge in [0.2, 0.25) is 15.9 Å². The van der Waals surface area contributed by atoms with E-state index in [1.54, 1.807) is 6.07 Å². The maximum Gasteiger partial charge on any atom is 0.295 e. The number of aromatic amines is 1. The van der Waals surface area contributed by atoms with Gasteiger partial charge in [0.1, 0.15) is 11.3 Å². The van der Waals surface area contributed by atoms with Gasteiger partial charge in [-0.05, 0) is 49.3 Å². The molecule has 0 spiro atoms. The molecule has 2 aliphatic rings. The Kier molecular flexibility index (Phi) is 5.42. The molecule has 2 heterocycles. The van der Waals surface area contributed by atoms with E-state index in [1.807, 2.05) is 12.1 Å². The van der Waals surface area contributed by atoms with Crippen molar-refractivity contribution in [2.75, 3.05) is 28.2 Å². The first-order chi connectivity index (χ1) is 16.1. The molecule has 34 heavy (non-hydrogen) atoms. The third kappa shape index (κ3) is 4.54. The smallest absolute Gasteiger partial charge is 0.295 e. The van der Waals surface area contributed by atoms with Crippen LogP contribution in [-0.4, -0.2) is 42.6 Å². The van der Waals surface area contributed by atoms with Crippen molar-refractivity contribution in [3.05, 3.63) is 35.7 Å². The van der Waals surface area contributed by atoms with E-state index in [-0.39, 0.29) is 28.8 Å². The van der Waals surface area contributed by atoms with Crippen molar-refractivity contribution in [3.63, 3.8) is 0 Å². The van der Waals surface area contributed by atoms with Gasteiger partial charge < -0.3 is 15.6 Å². The molecule has 0 atom stereocenters. The van der Waals surface area contributed by atoms with E-state index < -0.39 is 22.3 Å². The van der Waals surface area contributed by atoms with Crippen LogP contribution in [0.1, 0.15) is 49.4 Å². The number of carbonyl (C=O) groups is 1. The largest absolute Gasteiger partial charge is 0.352 e. The second kappa shape index (κ2) is 8.19. The van der Waals surface area contributed by atoms with Crippen molar-refractivity contribution in [2.45, 2.75) is 38.0 Å². The Hall–Kier alpha value is -3.28. The van der Waals surface area contributed by atoms with Crippen LogP contribution in [0.3, 0.4) is 0 Å². The molecule has 3 N–H and O–H groups in total. The maximum absolute atomic E-state index is 13.3. The Morgan fingerprint density at radius 2 is 1.88 bits per heavy atom. The summed E-state index contributed by atoms with van der Waals surface area (Å²) < 4.78 is 52.5. The quantitative estimate of drug-likeness (QED) is 0.434. The van der Waals surface area contributed by atoms with Gasteiger partial charge in [0.25, 0.3) is 6.43 Å². The number of nitrogens with zero attached hydrogens (tertiary/aromatic N) is 3. The Morgan fingerprint density at radius 1 is 1.15 bits per heavy atom. The number of benzene rings is 1. The fourth-order valence-corrected chi connectivity index (χ4v) is 4.26. The Labute approximate surface area is 195 Å². The van der Waals surface area contributed by atoms with Gasteiger partial charge in [0.05, 0.1) is 23.3 Å². The maximum atomic E-state index is 13.3. The number of carbonyl (C=O) groups excluding carboxylic acids is 1. The second-order valence-corrected chi connectivity index (χ2v) is 10.9. The van der Waals surface area contributed by atoms with Gasteiger partial charge in [-0.3, -0.25) is 9.10 Å². The van der Waals surface area contributed by atoms with Gasteiger partial charge in [-0.2, -0.15) is 0 Å². The average Bonchev–Trinajstić information content (AvgIpc) is 3.69. The predicted octanol–water partition coefficient (Wildman–Crippen LogP) is 4.26. The number of nitrogens with one attached hydrogen (secondary N) is 3. The first kappa shape index (κ1) is 22.5. The number of pyridine rings is 1. The molecule has 2 aliphatic carbocycles. The molecule has 180 valence electrons. The summed E-state index contributed by atoms with van der Waals surface area (Å²) in [5.41, 5.74) is 2.48. The van der Waals surface area contributed by atoms with Crippen LogP contribution in [0, 0.1) is 5.92 Å². The van der Waals surface area contributed by atoms with Crippen LogP contribution >= 0.6 is 0 Å². The molecule has 2 aromatic heterocycles. The molecule has 0 aliphatic heterocycles. The molecule has 0 saturated heterocycles. The highest BCUT2D eigenvalue weighted by Crippen LogP contribution is 2.43. The predicted molar refractivity (Wildman–Crippen MR) is 125 cm³/mol. The molecule has 12 heteroatoms. The second-order valence-electron chi connectivity index (χ2n) is 8.85. The summed E-state index contributed by atoms with van der Waals surface area (Å²) in [6.07, 6.45) is 1.97. The number of H-pyrrole nitrogens is 1. The molecular formula is C22H24F2N6O3S. The number of amides is 1. The number of rotatable bonds is 8. The van der Waals surface area contributed by atoms with Crippen LogP contribution in [0.4, 0.5) is 31.7 Å². The van der Waals surface area contributed by atoms with Crippen LogP contribution in [0.15, 0.2) is 24.3 Å². The molecule has 2 saturated carbocycles. The number of halogens is 2. The van der Waals surface area contributed by atoms with Crippen molar-refractivity contribution >= 4 is 50.0 Å². The number of imidazole rings is 1. The van der Waals surface area contributed by atoms with Crippen molar-refractivity contribution < 1.29 is 22.0 Å². The zero-order valence-corrected chi connectivity index (χ0v) is 19.4. The SMILES string of the molecule is CN(c1cc(C2CC2)ccc1Nc1cc(NC(=O)C2CC2)nc2nc(C(F)F)[nH]c12)S(C)(=O)=O. The van der Waals surface area contributed by atoms with Gasteiger partial charge in [-0.25, -0.2) is 27.2 Å². The van der Waals surface area contributed by atoms with Crippen LogP contribution in [0.25, 0.3) is 11.2 Å². The van der Waals surface area contributed by atoms with Crippen molar-refractivity contribution in [3.8, 4) is 0 Å². The lowest BCUT2D eigenvalue weighted by Gasteiger charge is -2.22. The minimum absolute atomic E-state index is 0.0130. The summed E-state index contributed by atoms with van der Waals surface area (Å²) in [6.45, 7) is 0. The first-order valence-electron chi connectivity index (χ1n) is 10.9. The summed E-state index contributed by atoms with van der Waals surface area (Å²) >= 11 is 0. The van der Waals surface area contributed by atoms with E-state index in [9.17, 15) is 22.0 Å². The van der Waals surface area contributed by atoms with Gasteiger partial charge in [0.15, 0.2) is 11.5 Å². The molecular weight excluding hydrogens is 466 g/mol. The van der Waals surface area contributed by atoms with Gasteiger partial charge in [-0.1, -0.05) is 6.07 Å².